The van der Waals surface area contributed by atoms with Gasteiger partial charge in [0, 0.05) is 24.2 Å². The van der Waals surface area contributed by atoms with E-state index in [1.54, 1.807) is 31.3 Å². The van der Waals surface area contributed by atoms with Gasteiger partial charge < -0.3 is 9.47 Å². The summed E-state index contributed by atoms with van der Waals surface area (Å²) in [6, 6.07) is 6.82. The average Bonchev–Trinajstić information content (AvgIpc) is 2.78. The van der Waals surface area contributed by atoms with Gasteiger partial charge in [0.2, 0.25) is 10.0 Å². The van der Waals surface area contributed by atoms with E-state index in [9.17, 15) is 13.2 Å². The van der Waals surface area contributed by atoms with Gasteiger partial charge in [0.05, 0.1) is 24.2 Å². The molecule has 0 atom stereocenters. The Morgan fingerprint density at radius 1 is 1.03 bits per heavy atom. The van der Waals surface area contributed by atoms with Crippen LogP contribution in [0.4, 0.5) is 0 Å². The molecular weight excluding hydrogens is 508 g/mol. The van der Waals surface area contributed by atoms with Crippen LogP contribution in [-0.4, -0.2) is 76.1 Å². The predicted octanol–water partition coefficient (Wildman–Crippen LogP) is 4.45. The van der Waals surface area contributed by atoms with E-state index in [2.05, 4.69) is 15.9 Å². The minimum absolute atomic E-state index is 0.0186. The zero-order chi connectivity index (χ0) is 24.3. The first-order chi connectivity index (χ1) is 15.7. The quantitative estimate of drug-likeness (QED) is 0.253. The van der Waals surface area contributed by atoms with Crippen LogP contribution in [-0.2, 0) is 24.3 Å². The Hall–Kier alpha value is -1.00. The standard InChI is InChI=1S/C24H39BrN2O5S/c1-4-31-24(28)19-26(2)17-7-5-6-8-18-32-22-13-11-21(12-14-22)27(3)33(29,30)23-15-9-20(25)10-16-23/h9-10,15-16,21-22H,4-8,11-14,17-19H2,1-3H3. The maximum absolute atomic E-state index is 12.9. The van der Waals surface area contributed by atoms with E-state index in [4.69, 9.17) is 9.47 Å². The molecule has 0 radical (unpaired) electrons. The number of unbranched alkanes of at least 4 members (excludes halogenated alkanes) is 3. The van der Waals surface area contributed by atoms with E-state index in [1.165, 1.54) is 4.31 Å². The van der Waals surface area contributed by atoms with Crippen molar-refractivity contribution in [1.82, 2.24) is 9.21 Å². The SMILES string of the molecule is CCOC(=O)CN(C)CCCCCCOC1CCC(N(C)S(=O)(=O)c2ccc(Br)cc2)CC1. The first kappa shape index (κ1) is 28.2. The molecule has 0 amide bonds. The number of nitrogens with zero attached hydrogens (tertiary/aromatic N) is 2. The number of sulfonamides is 1. The number of halogens is 1. The third-order valence-corrected chi connectivity index (χ3v) is 8.59. The molecule has 7 nitrogen and oxygen atoms in total. The number of ether oxygens (including phenoxy) is 2. The average molecular weight is 548 g/mol. The topological polar surface area (TPSA) is 76.2 Å². The highest BCUT2D eigenvalue weighted by molar-refractivity contribution is 9.10. The zero-order valence-corrected chi connectivity index (χ0v) is 22.6. The highest BCUT2D eigenvalue weighted by Gasteiger charge is 2.31. The van der Waals surface area contributed by atoms with Crippen LogP contribution in [0.5, 0.6) is 0 Å². The number of carbonyl (C=O) groups is 1. The molecule has 1 aliphatic rings. The lowest BCUT2D eigenvalue weighted by molar-refractivity contribution is -0.144. The molecule has 188 valence electrons. The fourth-order valence-electron chi connectivity index (χ4n) is 4.14. The normalized spacial score (nSPS) is 19.2. The first-order valence-corrected chi connectivity index (χ1v) is 14.2. The van der Waals surface area contributed by atoms with E-state index in [1.807, 2.05) is 18.9 Å². The number of hydrogen-bond donors (Lipinski definition) is 0. The molecule has 0 aliphatic heterocycles. The number of benzene rings is 1. The maximum Gasteiger partial charge on any atom is 0.320 e. The van der Waals surface area contributed by atoms with E-state index >= 15 is 0 Å². The third kappa shape index (κ3) is 9.64. The van der Waals surface area contributed by atoms with E-state index in [-0.39, 0.29) is 18.1 Å². The maximum atomic E-state index is 12.9. The van der Waals surface area contributed by atoms with Gasteiger partial charge in [0.1, 0.15) is 0 Å². The summed E-state index contributed by atoms with van der Waals surface area (Å²) < 4.78 is 39.2. The van der Waals surface area contributed by atoms with Crippen LogP contribution in [0.3, 0.4) is 0 Å². The number of esters is 1. The molecule has 2 rings (SSSR count). The number of rotatable bonds is 14. The van der Waals surface area contributed by atoms with Crippen LogP contribution in [0.2, 0.25) is 0 Å². The first-order valence-electron chi connectivity index (χ1n) is 11.9. The van der Waals surface area contributed by atoms with Crippen LogP contribution in [0, 0.1) is 0 Å². The van der Waals surface area contributed by atoms with Crippen molar-refractivity contribution in [2.24, 2.45) is 0 Å². The Kier molecular flexibility index (Phi) is 12.3. The van der Waals surface area contributed by atoms with Crippen LogP contribution < -0.4 is 0 Å². The van der Waals surface area contributed by atoms with Crippen LogP contribution in [0.25, 0.3) is 0 Å². The minimum atomic E-state index is -3.48. The van der Waals surface area contributed by atoms with Crippen molar-refractivity contribution in [3.63, 3.8) is 0 Å². The van der Waals surface area contributed by atoms with E-state index < -0.39 is 10.0 Å². The number of hydrogen-bond acceptors (Lipinski definition) is 6. The van der Waals surface area contributed by atoms with Gasteiger partial charge in [-0.15, -0.1) is 0 Å². The molecule has 9 heteroatoms. The van der Waals surface area contributed by atoms with Crippen molar-refractivity contribution in [2.75, 3.05) is 40.4 Å². The van der Waals surface area contributed by atoms with E-state index in [0.29, 0.717) is 18.0 Å². The van der Waals surface area contributed by atoms with Crippen molar-refractivity contribution < 1.29 is 22.7 Å². The van der Waals surface area contributed by atoms with Crippen LogP contribution >= 0.6 is 15.9 Å². The van der Waals surface area contributed by atoms with Crippen LogP contribution in [0.1, 0.15) is 58.3 Å². The Morgan fingerprint density at radius 2 is 1.67 bits per heavy atom. The van der Waals surface area contributed by atoms with Crippen LogP contribution in [0.15, 0.2) is 33.6 Å². The van der Waals surface area contributed by atoms with Gasteiger partial charge in [-0.05, 0) is 83.3 Å². The van der Waals surface area contributed by atoms with Gasteiger partial charge >= 0.3 is 5.97 Å². The number of likely N-dealkylation sites (N-methyl/N-ethyl adjacent to an activating group) is 1. The Bertz CT molecular complexity index is 811. The molecule has 0 saturated heterocycles. The van der Waals surface area contributed by atoms with Gasteiger partial charge in [-0.1, -0.05) is 28.8 Å². The van der Waals surface area contributed by atoms with Gasteiger partial charge in [-0.25, -0.2) is 8.42 Å². The van der Waals surface area contributed by atoms with Crippen molar-refractivity contribution in [3.05, 3.63) is 28.7 Å². The summed E-state index contributed by atoms with van der Waals surface area (Å²) in [6.07, 6.45) is 7.96. The van der Waals surface area contributed by atoms with Gasteiger partial charge in [0.15, 0.2) is 0 Å². The smallest absolute Gasteiger partial charge is 0.320 e. The molecule has 1 fully saturated rings. The summed E-state index contributed by atoms with van der Waals surface area (Å²) in [5.41, 5.74) is 0. The zero-order valence-electron chi connectivity index (χ0n) is 20.2. The summed E-state index contributed by atoms with van der Waals surface area (Å²) in [7, 11) is 0.154. The monoisotopic (exact) mass is 546 g/mol. The molecule has 0 bridgehead atoms. The molecule has 0 unspecified atom stereocenters. The summed E-state index contributed by atoms with van der Waals surface area (Å²) >= 11 is 3.35. The van der Waals surface area contributed by atoms with E-state index in [0.717, 1.165) is 69.0 Å². The summed E-state index contributed by atoms with van der Waals surface area (Å²) in [4.78, 5) is 13.8. The number of carbonyl (C=O) groups excluding carboxylic acids is 1. The molecule has 0 aromatic heterocycles. The summed E-state index contributed by atoms with van der Waals surface area (Å²) in [6.45, 7) is 4.23. The molecule has 1 aliphatic carbocycles. The molecule has 0 heterocycles. The third-order valence-electron chi connectivity index (χ3n) is 6.14. The van der Waals surface area contributed by atoms with Gasteiger partial charge in [-0.2, -0.15) is 4.31 Å². The molecule has 1 aromatic carbocycles. The predicted molar refractivity (Wildman–Crippen MR) is 134 cm³/mol. The second-order valence-corrected chi connectivity index (χ2v) is 11.6. The minimum Gasteiger partial charge on any atom is -0.465 e. The highest BCUT2D eigenvalue weighted by Crippen LogP contribution is 2.28. The molecular formula is C24H39BrN2O5S. The van der Waals surface area contributed by atoms with Gasteiger partial charge in [-0.3, -0.25) is 9.69 Å². The lowest BCUT2D eigenvalue weighted by Crippen LogP contribution is -2.40. The Morgan fingerprint density at radius 3 is 2.30 bits per heavy atom. The molecule has 1 saturated carbocycles. The fourth-order valence-corrected chi connectivity index (χ4v) is 5.82. The largest absolute Gasteiger partial charge is 0.465 e. The Labute approximate surface area is 208 Å². The second-order valence-electron chi connectivity index (χ2n) is 8.73. The summed E-state index contributed by atoms with van der Waals surface area (Å²) in [5.74, 6) is -0.166. The van der Waals surface area contributed by atoms with Crippen molar-refractivity contribution >= 4 is 31.9 Å². The molecule has 0 spiro atoms. The van der Waals surface area contributed by atoms with Crippen molar-refractivity contribution in [3.8, 4) is 0 Å². The van der Waals surface area contributed by atoms with Crippen molar-refractivity contribution in [2.45, 2.75) is 75.3 Å². The fraction of sp³-hybridized carbons (Fsp3) is 0.708. The molecule has 0 N–H and O–H groups in total. The molecule has 1 aromatic rings. The second kappa shape index (κ2) is 14.4. The van der Waals surface area contributed by atoms with Crippen molar-refractivity contribution in [1.29, 1.82) is 0 Å². The van der Waals surface area contributed by atoms with Gasteiger partial charge in [0.25, 0.3) is 0 Å². The lowest BCUT2D eigenvalue weighted by Gasteiger charge is -2.34. The Balaban J connectivity index is 1.58. The highest BCUT2D eigenvalue weighted by atomic mass is 79.9. The summed E-state index contributed by atoms with van der Waals surface area (Å²) in [5, 5.41) is 0. The lowest BCUT2D eigenvalue weighted by atomic mass is 9.93. The molecule has 33 heavy (non-hydrogen) atoms.